The van der Waals surface area contributed by atoms with Gasteiger partial charge in [-0.1, -0.05) is 0 Å². The van der Waals surface area contributed by atoms with Crippen LogP contribution in [-0.2, 0) is 9.53 Å². The van der Waals surface area contributed by atoms with Crippen molar-refractivity contribution in [1.82, 2.24) is 9.80 Å². The fourth-order valence-electron chi connectivity index (χ4n) is 3.16. The summed E-state index contributed by atoms with van der Waals surface area (Å²) >= 11 is 0. The Morgan fingerprint density at radius 3 is 2.26 bits per heavy atom. The summed E-state index contributed by atoms with van der Waals surface area (Å²) in [6.45, 7) is 6.98. The molecule has 0 aromatic rings. The molecule has 0 radical (unpaired) electrons. The van der Waals surface area contributed by atoms with Gasteiger partial charge >= 0.3 is 5.97 Å². The Hall–Kier alpha value is -0.650. The minimum absolute atomic E-state index is 0.255. The molecule has 2 rings (SSSR count). The summed E-state index contributed by atoms with van der Waals surface area (Å²) < 4.78 is 4.93. The lowest BCUT2D eigenvalue weighted by Crippen LogP contribution is -2.63. The lowest BCUT2D eigenvalue weighted by molar-refractivity contribution is -0.149. The van der Waals surface area contributed by atoms with Crippen molar-refractivity contribution in [2.24, 2.45) is 11.7 Å². The van der Waals surface area contributed by atoms with Gasteiger partial charge in [0, 0.05) is 31.7 Å². The maximum atomic E-state index is 12.0. The first-order chi connectivity index (χ1) is 8.88. The first-order valence-electron chi connectivity index (χ1n) is 7.20. The molecule has 1 aliphatic carbocycles. The van der Waals surface area contributed by atoms with Crippen LogP contribution in [0.15, 0.2) is 0 Å². The van der Waals surface area contributed by atoms with E-state index < -0.39 is 5.54 Å². The Morgan fingerprint density at radius 1 is 1.32 bits per heavy atom. The van der Waals surface area contributed by atoms with Gasteiger partial charge in [0.05, 0.1) is 7.11 Å². The predicted molar refractivity (Wildman–Crippen MR) is 74.8 cm³/mol. The highest BCUT2D eigenvalue weighted by Crippen LogP contribution is 2.39. The lowest BCUT2D eigenvalue weighted by atomic mass is 9.92. The maximum Gasteiger partial charge on any atom is 0.327 e. The zero-order valence-electron chi connectivity index (χ0n) is 12.6. The number of methoxy groups -OCH3 is 1. The van der Waals surface area contributed by atoms with E-state index >= 15 is 0 Å². The van der Waals surface area contributed by atoms with E-state index in [1.54, 1.807) is 0 Å². The Labute approximate surface area is 116 Å². The van der Waals surface area contributed by atoms with E-state index in [2.05, 4.69) is 30.7 Å². The normalized spacial score (nSPS) is 32.9. The number of hydrogen-bond donors (Lipinski definition) is 1. The quantitative estimate of drug-likeness (QED) is 0.744. The van der Waals surface area contributed by atoms with E-state index in [-0.39, 0.29) is 5.97 Å². The van der Waals surface area contributed by atoms with Crippen LogP contribution < -0.4 is 5.73 Å². The summed E-state index contributed by atoms with van der Waals surface area (Å²) in [7, 11) is 3.59. The average molecular weight is 269 g/mol. The van der Waals surface area contributed by atoms with Crippen LogP contribution in [0.25, 0.3) is 0 Å². The van der Waals surface area contributed by atoms with Gasteiger partial charge in [0.15, 0.2) is 0 Å². The molecule has 2 N–H and O–H groups in total. The van der Waals surface area contributed by atoms with Crippen LogP contribution in [0.5, 0.6) is 0 Å². The molecule has 2 fully saturated rings. The minimum Gasteiger partial charge on any atom is -0.468 e. The highest BCUT2D eigenvalue weighted by Gasteiger charge is 2.50. The molecular weight excluding hydrogens is 242 g/mol. The molecule has 3 atom stereocenters. The van der Waals surface area contributed by atoms with Gasteiger partial charge in [-0.05, 0) is 39.7 Å². The SMILES string of the molecule is COC(=O)C(N)(CN1CC(C)N(C)C(C)C1)C1CC1. The van der Waals surface area contributed by atoms with Gasteiger partial charge in [-0.2, -0.15) is 0 Å². The van der Waals surface area contributed by atoms with Crippen LogP contribution in [0, 0.1) is 5.92 Å². The number of nitrogens with two attached hydrogens (primary N) is 1. The fraction of sp³-hybridized carbons (Fsp3) is 0.929. The molecule has 19 heavy (non-hydrogen) atoms. The Balaban J connectivity index is 2.04. The second-order valence-corrected chi connectivity index (χ2v) is 6.36. The van der Waals surface area contributed by atoms with Crippen LogP contribution in [-0.4, -0.2) is 67.2 Å². The largest absolute Gasteiger partial charge is 0.468 e. The molecular formula is C14H27N3O2. The van der Waals surface area contributed by atoms with E-state index in [0.717, 1.165) is 25.9 Å². The first-order valence-corrected chi connectivity index (χ1v) is 7.20. The number of esters is 1. The molecule has 3 unspecified atom stereocenters. The van der Waals surface area contributed by atoms with Crippen molar-refractivity contribution in [2.45, 2.75) is 44.3 Å². The zero-order valence-corrected chi connectivity index (χ0v) is 12.6. The first kappa shape index (κ1) is 14.8. The molecule has 0 bridgehead atoms. The molecule has 1 heterocycles. The van der Waals surface area contributed by atoms with Crippen molar-refractivity contribution >= 4 is 5.97 Å². The van der Waals surface area contributed by atoms with Gasteiger partial charge in [-0.3, -0.25) is 14.6 Å². The van der Waals surface area contributed by atoms with Gasteiger partial charge in [-0.25, -0.2) is 0 Å². The molecule has 1 aliphatic heterocycles. The van der Waals surface area contributed by atoms with Gasteiger partial charge < -0.3 is 10.5 Å². The van der Waals surface area contributed by atoms with Gasteiger partial charge in [0.2, 0.25) is 0 Å². The molecule has 5 heteroatoms. The summed E-state index contributed by atoms with van der Waals surface area (Å²) in [5.74, 6) is 0.0412. The van der Waals surface area contributed by atoms with Crippen LogP contribution in [0.4, 0.5) is 0 Å². The molecule has 0 amide bonds. The lowest BCUT2D eigenvalue weighted by Gasteiger charge is -2.44. The number of carbonyl (C=O) groups is 1. The fourth-order valence-corrected chi connectivity index (χ4v) is 3.16. The summed E-state index contributed by atoms with van der Waals surface area (Å²) in [5, 5.41) is 0. The van der Waals surface area contributed by atoms with E-state index in [4.69, 9.17) is 10.5 Å². The molecule has 1 saturated carbocycles. The number of ether oxygens (including phenoxy) is 1. The van der Waals surface area contributed by atoms with Crippen molar-refractivity contribution in [3.05, 3.63) is 0 Å². The predicted octanol–water partition coefficient (Wildman–Crippen LogP) is 0.291. The third-order valence-corrected chi connectivity index (χ3v) is 4.79. The second-order valence-electron chi connectivity index (χ2n) is 6.36. The topological polar surface area (TPSA) is 58.8 Å². The summed E-state index contributed by atoms with van der Waals surface area (Å²) in [6, 6.07) is 0.981. The van der Waals surface area contributed by atoms with Crippen LogP contribution in [0.2, 0.25) is 0 Å². The van der Waals surface area contributed by atoms with Crippen LogP contribution in [0.3, 0.4) is 0 Å². The number of piperazine rings is 1. The van der Waals surface area contributed by atoms with Crippen LogP contribution >= 0.6 is 0 Å². The van der Waals surface area contributed by atoms with E-state index in [1.165, 1.54) is 7.11 Å². The molecule has 0 spiro atoms. The van der Waals surface area contributed by atoms with Crippen LogP contribution in [0.1, 0.15) is 26.7 Å². The van der Waals surface area contributed by atoms with Gasteiger partial charge in [0.25, 0.3) is 0 Å². The van der Waals surface area contributed by atoms with Crippen molar-refractivity contribution in [2.75, 3.05) is 33.8 Å². The third kappa shape index (κ3) is 2.93. The molecule has 110 valence electrons. The molecule has 5 nitrogen and oxygen atoms in total. The van der Waals surface area contributed by atoms with Crippen molar-refractivity contribution < 1.29 is 9.53 Å². The van der Waals surface area contributed by atoms with Gasteiger partial charge in [-0.15, -0.1) is 0 Å². The molecule has 2 aliphatic rings. The number of likely N-dealkylation sites (N-methyl/N-ethyl adjacent to an activating group) is 1. The average Bonchev–Trinajstić information content (AvgIpc) is 3.19. The molecule has 0 aromatic heterocycles. The molecule has 1 saturated heterocycles. The Morgan fingerprint density at radius 2 is 1.84 bits per heavy atom. The van der Waals surface area contributed by atoms with Crippen molar-refractivity contribution in [3.8, 4) is 0 Å². The molecule has 0 aromatic carbocycles. The van der Waals surface area contributed by atoms with E-state index in [9.17, 15) is 4.79 Å². The number of carbonyl (C=O) groups excluding carboxylic acids is 1. The minimum atomic E-state index is -0.815. The van der Waals surface area contributed by atoms with Gasteiger partial charge in [0.1, 0.15) is 5.54 Å². The maximum absolute atomic E-state index is 12.0. The standard InChI is InChI=1S/C14H27N3O2/c1-10-7-17(8-11(2)16(10)3)9-14(15,12-5-6-12)13(18)19-4/h10-12H,5-9,15H2,1-4H3. The van der Waals surface area contributed by atoms with Crippen molar-refractivity contribution in [1.29, 1.82) is 0 Å². The Bertz CT molecular complexity index is 334. The highest BCUT2D eigenvalue weighted by atomic mass is 16.5. The monoisotopic (exact) mass is 269 g/mol. The summed E-state index contributed by atoms with van der Waals surface area (Å²) in [6.07, 6.45) is 2.09. The highest BCUT2D eigenvalue weighted by molar-refractivity contribution is 5.81. The van der Waals surface area contributed by atoms with Crippen molar-refractivity contribution in [3.63, 3.8) is 0 Å². The third-order valence-electron chi connectivity index (χ3n) is 4.79. The smallest absolute Gasteiger partial charge is 0.327 e. The number of nitrogens with zero attached hydrogens (tertiary/aromatic N) is 2. The summed E-state index contributed by atoms with van der Waals surface area (Å²) in [4.78, 5) is 16.7. The van der Waals surface area contributed by atoms with E-state index in [1.807, 2.05) is 0 Å². The summed E-state index contributed by atoms with van der Waals surface area (Å²) in [5.41, 5.74) is 5.57. The zero-order chi connectivity index (χ0) is 14.2. The number of rotatable bonds is 4. The van der Waals surface area contributed by atoms with E-state index in [0.29, 0.717) is 24.5 Å². The number of hydrogen-bond acceptors (Lipinski definition) is 5. The Kier molecular flexibility index (Phi) is 4.18. The second kappa shape index (κ2) is 5.38.